The van der Waals surface area contributed by atoms with Gasteiger partial charge in [-0.15, -0.1) is 0 Å². The third-order valence-electron chi connectivity index (χ3n) is 2.75. The van der Waals surface area contributed by atoms with Crippen LogP contribution in [0.5, 0.6) is 0 Å². The second-order valence-electron chi connectivity index (χ2n) is 5.61. The first-order chi connectivity index (χ1) is 8.17. The molecule has 112 valence electrons. The van der Waals surface area contributed by atoms with Crippen LogP contribution in [0.25, 0.3) is 0 Å². The summed E-state index contributed by atoms with van der Waals surface area (Å²) in [4.78, 5) is 0. The SMILES string of the molecule is CC(S)CCS(CC(C)S)(CC(C)S)CC(C)S. The molecule has 0 aliphatic rings. The molecule has 0 heterocycles. The van der Waals surface area contributed by atoms with Crippen molar-refractivity contribution in [3.05, 3.63) is 0 Å². The third kappa shape index (κ3) is 9.62. The molecule has 0 radical (unpaired) electrons. The summed E-state index contributed by atoms with van der Waals surface area (Å²) in [6.45, 7) is 8.82. The second-order valence-corrected chi connectivity index (χ2v) is 13.0. The molecule has 0 fully saturated rings. The van der Waals surface area contributed by atoms with Crippen LogP contribution in [0.2, 0.25) is 0 Å². The Labute approximate surface area is 138 Å². The van der Waals surface area contributed by atoms with Crippen molar-refractivity contribution >= 4 is 60.5 Å². The first-order valence-electron chi connectivity index (χ1n) is 6.63. The van der Waals surface area contributed by atoms with Crippen LogP contribution in [0, 0.1) is 0 Å². The van der Waals surface area contributed by atoms with E-state index in [1.807, 2.05) is 0 Å². The molecule has 0 aliphatic carbocycles. The van der Waals surface area contributed by atoms with Gasteiger partial charge in [0, 0.05) is 15.7 Å². The van der Waals surface area contributed by atoms with Gasteiger partial charge in [-0.3, -0.25) is 0 Å². The smallest absolute Gasteiger partial charge is 0.00646 e. The molecule has 0 aromatic heterocycles. The Kier molecular flexibility index (Phi) is 10.6. The van der Waals surface area contributed by atoms with Gasteiger partial charge in [-0.1, -0.05) is 27.7 Å². The molecule has 4 atom stereocenters. The minimum absolute atomic E-state index is 0.467. The summed E-state index contributed by atoms with van der Waals surface area (Å²) in [6, 6.07) is 0. The molecular formula is C13H30S5. The lowest BCUT2D eigenvalue weighted by atomic mass is 10.4. The molecule has 0 spiro atoms. The Balaban J connectivity index is 4.85. The Morgan fingerprint density at radius 2 is 1.00 bits per heavy atom. The maximum Gasteiger partial charge on any atom is 0.00646 e. The quantitative estimate of drug-likeness (QED) is 0.435. The van der Waals surface area contributed by atoms with Gasteiger partial charge in [0.1, 0.15) is 0 Å². The van der Waals surface area contributed by atoms with E-state index in [-0.39, 0.29) is 0 Å². The minimum atomic E-state index is -0.667. The Bertz CT molecular complexity index is 187. The highest BCUT2D eigenvalue weighted by Crippen LogP contribution is 2.52. The fraction of sp³-hybridized carbons (Fsp3) is 1.00. The van der Waals surface area contributed by atoms with E-state index in [0.29, 0.717) is 21.0 Å². The molecule has 0 saturated heterocycles. The molecule has 0 amide bonds. The molecule has 0 N–H and O–H groups in total. The van der Waals surface area contributed by atoms with Crippen molar-refractivity contribution in [3.63, 3.8) is 0 Å². The van der Waals surface area contributed by atoms with Crippen LogP contribution < -0.4 is 0 Å². The molecule has 0 aliphatic heterocycles. The normalized spacial score (nSPS) is 23.8. The van der Waals surface area contributed by atoms with Crippen molar-refractivity contribution in [2.45, 2.75) is 55.1 Å². The summed E-state index contributed by atoms with van der Waals surface area (Å²) in [6.07, 6.45) is 1.19. The highest BCUT2D eigenvalue weighted by atomic mass is 32.3. The van der Waals surface area contributed by atoms with Crippen LogP contribution in [-0.4, -0.2) is 44.0 Å². The van der Waals surface area contributed by atoms with E-state index in [4.69, 9.17) is 0 Å². The zero-order chi connectivity index (χ0) is 14.3. The van der Waals surface area contributed by atoms with E-state index in [1.165, 1.54) is 29.4 Å². The van der Waals surface area contributed by atoms with E-state index < -0.39 is 10.0 Å². The molecular weight excluding hydrogens is 316 g/mol. The van der Waals surface area contributed by atoms with Gasteiger partial charge < -0.3 is 0 Å². The summed E-state index contributed by atoms with van der Waals surface area (Å²) in [5.41, 5.74) is 0. The van der Waals surface area contributed by atoms with Gasteiger partial charge in [-0.25, -0.2) is 10.0 Å². The van der Waals surface area contributed by atoms with Crippen molar-refractivity contribution in [1.29, 1.82) is 0 Å². The standard InChI is InChI=1S/C13H30S5/c1-10(14)5-6-18(7-11(2)15,8-12(3)16)9-13(4)17/h10-17H,5-9H2,1-4H3. The maximum absolute atomic E-state index is 4.63. The first kappa shape index (κ1) is 19.8. The summed E-state index contributed by atoms with van der Waals surface area (Å²) in [5, 5.41) is 1.88. The van der Waals surface area contributed by atoms with Gasteiger partial charge in [0.05, 0.1) is 0 Å². The van der Waals surface area contributed by atoms with Gasteiger partial charge in [-0.2, -0.15) is 50.5 Å². The van der Waals surface area contributed by atoms with Crippen LogP contribution in [-0.2, 0) is 0 Å². The molecule has 0 aromatic rings. The molecule has 4 unspecified atom stereocenters. The minimum Gasteiger partial charge on any atom is -0.238 e. The van der Waals surface area contributed by atoms with Crippen LogP contribution in [0.15, 0.2) is 0 Å². The molecule has 0 saturated carbocycles. The van der Waals surface area contributed by atoms with Crippen LogP contribution >= 0.6 is 60.5 Å². The van der Waals surface area contributed by atoms with Crippen LogP contribution in [0.3, 0.4) is 0 Å². The van der Waals surface area contributed by atoms with Crippen LogP contribution in [0.1, 0.15) is 34.1 Å². The van der Waals surface area contributed by atoms with Crippen molar-refractivity contribution in [3.8, 4) is 0 Å². The second kappa shape index (κ2) is 9.64. The monoisotopic (exact) mass is 346 g/mol. The Morgan fingerprint density at radius 3 is 1.22 bits per heavy atom. The predicted molar refractivity (Wildman–Crippen MR) is 105 cm³/mol. The molecule has 0 bridgehead atoms. The Morgan fingerprint density at radius 1 is 0.667 bits per heavy atom. The fourth-order valence-electron chi connectivity index (χ4n) is 2.41. The third-order valence-corrected chi connectivity index (χ3v) is 9.02. The average Bonchev–Trinajstić information content (AvgIpc) is 2.11. The highest BCUT2D eigenvalue weighted by molar-refractivity contribution is 8.34. The van der Waals surface area contributed by atoms with Gasteiger partial charge in [0.2, 0.25) is 0 Å². The van der Waals surface area contributed by atoms with Gasteiger partial charge in [-0.05, 0) is 34.7 Å². The van der Waals surface area contributed by atoms with E-state index in [2.05, 4.69) is 78.2 Å². The first-order valence-corrected chi connectivity index (χ1v) is 11.0. The average molecular weight is 347 g/mol. The summed E-state index contributed by atoms with van der Waals surface area (Å²) in [7, 11) is -0.667. The van der Waals surface area contributed by atoms with Crippen LogP contribution in [0.4, 0.5) is 0 Å². The van der Waals surface area contributed by atoms with E-state index in [0.717, 1.165) is 0 Å². The molecule has 18 heavy (non-hydrogen) atoms. The Hall–Kier alpha value is 1.75. The summed E-state index contributed by atoms with van der Waals surface area (Å²) < 4.78 is 0. The van der Waals surface area contributed by atoms with Crippen molar-refractivity contribution in [2.75, 3.05) is 23.0 Å². The van der Waals surface area contributed by atoms with Gasteiger partial charge in [0.25, 0.3) is 0 Å². The largest absolute Gasteiger partial charge is 0.238 e. The number of hydrogen-bond acceptors (Lipinski definition) is 4. The molecule has 0 nitrogen and oxygen atoms in total. The van der Waals surface area contributed by atoms with Crippen molar-refractivity contribution in [2.24, 2.45) is 0 Å². The lowest BCUT2D eigenvalue weighted by Gasteiger charge is -2.44. The number of rotatable bonds is 9. The summed E-state index contributed by atoms with van der Waals surface area (Å²) >= 11 is 18.4. The molecule has 5 heteroatoms. The fourth-order valence-corrected chi connectivity index (χ4v) is 10.4. The number of hydrogen-bond donors (Lipinski definition) is 4. The van der Waals surface area contributed by atoms with E-state index in [1.54, 1.807) is 0 Å². The van der Waals surface area contributed by atoms with E-state index >= 15 is 0 Å². The number of thiol groups is 4. The lowest BCUT2D eigenvalue weighted by Crippen LogP contribution is -2.28. The zero-order valence-corrected chi connectivity index (χ0v) is 16.4. The molecule has 0 rings (SSSR count). The van der Waals surface area contributed by atoms with Gasteiger partial charge >= 0.3 is 0 Å². The lowest BCUT2D eigenvalue weighted by molar-refractivity contribution is 0.906. The van der Waals surface area contributed by atoms with Gasteiger partial charge in [0.15, 0.2) is 0 Å². The summed E-state index contributed by atoms with van der Waals surface area (Å²) in [5.74, 6) is 4.98. The van der Waals surface area contributed by atoms with Crippen molar-refractivity contribution < 1.29 is 0 Å². The molecule has 0 aromatic carbocycles. The van der Waals surface area contributed by atoms with E-state index in [9.17, 15) is 0 Å². The topological polar surface area (TPSA) is 0 Å². The highest BCUT2D eigenvalue weighted by Gasteiger charge is 2.28. The van der Waals surface area contributed by atoms with Crippen molar-refractivity contribution in [1.82, 2.24) is 0 Å². The zero-order valence-electron chi connectivity index (χ0n) is 12.0. The maximum atomic E-state index is 4.63. The predicted octanol–water partition coefficient (Wildman–Crippen LogP) is 4.45.